The molecule has 1 aromatic rings. The topological polar surface area (TPSA) is 87.7 Å². The van der Waals surface area contributed by atoms with Crippen molar-refractivity contribution in [3.8, 4) is 0 Å². The van der Waals surface area contributed by atoms with Crippen LogP contribution in [0.5, 0.6) is 0 Å². The molecule has 3 amide bonds. The molecule has 0 spiro atoms. The molecular weight excluding hydrogens is 346 g/mol. The third kappa shape index (κ3) is 7.11. The molecule has 0 fully saturated rings. The standard InChI is InChI=1S/C17H24ClN3O4/c1-5-21(10-15(23)20-17(24)25-6-2)9-14(22)19-16-12(4)7-11(3)8-13(16)18/h7-8H,5-6,9-10H2,1-4H3,(H,19,22)(H,20,23,24). The SMILES string of the molecule is CCOC(=O)NC(=O)CN(CC)CC(=O)Nc1c(C)cc(C)cc1Cl. The second-order valence-electron chi connectivity index (χ2n) is 5.56. The molecule has 0 saturated carbocycles. The number of carbonyl (C=O) groups excluding carboxylic acids is 3. The van der Waals surface area contributed by atoms with Crippen molar-refractivity contribution in [2.45, 2.75) is 27.7 Å². The van der Waals surface area contributed by atoms with E-state index in [2.05, 4.69) is 15.4 Å². The van der Waals surface area contributed by atoms with Gasteiger partial charge in [0.15, 0.2) is 0 Å². The van der Waals surface area contributed by atoms with Crippen LogP contribution >= 0.6 is 11.6 Å². The van der Waals surface area contributed by atoms with Crippen molar-refractivity contribution in [2.24, 2.45) is 0 Å². The van der Waals surface area contributed by atoms with Gasteiger partial charge in [-0.05, 0) is 44.5 Å². The molecule has 8 heteroatoms. The molecule has 2 N–H and O–H groups in total. The lowest BCUT2D eigenvalue weighted by Crippen LogP contribution is -2.43. The van der Waals surface area contributed by atoms with Gasteiger partial charge in [-0.15, -0.1) is 0 Å². The summed E-state index contributed by atoms with van der Waals surface area (Å²) in [6.07, 6.45) is -0.796. The Kier molecular flexibility index (Phi) is 8.37. The number of aryl methyl sites for hydroxylation is 2. The summed E-state index contributed by atoms with van der Waals surface area (Å²) in [6.45, 7) is 7.78. The molecular formula is C17H24ClN3O4. The van der Waals surface area contributed by atoms with Crippen LogP contribution in [0.2, 0.25) is 5.02 Å². The average molecular weight is 370 g/mol. The summed E-state index contributed by atoms with van der Waals surface area (Å²) in [5, 5.41) is 5.33. The quantitative estimate of drug-likeness (QED) is 0.771. The number of benzene rings is 1. The number of ether oxygens (including phenoxy) is 1. The summed E-state index contributed by atoms with van der Waals surface area (Å²) >= 11 is 6.18. The Balaban J connectivity index is 2.62. The molecule has 0 saturated heterocycles. The molecule has 1 rings (SSSR count). The Morgan fingerprint density at radius 1 is 1.12 bits per heavy atom. The number of likely N-dealkylation sites (N-methyl/N-ethyl adjacent to an activating group) is 1. The van der Waals surface area contributed by atoms with Crippen LogP contribution < -0.4 is 10.6 Å². The maximum Gasteiger partial charge on any atom is 0.413 e. The Morgan fingerprint density at radius 3 is 2.32 bits per heavy atom. The van der Waals surface area contributed by atoms with Gasteiger partial charge in [0, 0.05) is 0 Å². The smallest absolute Gasteiger partial charge is 0.413 e. The van der Waals surface area contributed by atoms with Gasteiger partial charge in [-0.25, -0.2) is 4.79 Å². The molecule has 7 nitrogen and oxygen atoms in total. The van der Waals surface area contributed by atoms with Crippen molar-refractivity contribution in [3.05, 3.63) is 28.3 Å². The molecule has 0 aromatic heterocycles. The van der Waals surface area contributed by atoms with E-state index < -0.39 is 12.0 Å². The lowest BCUT2D eigenvalue weighted by Gasteiger charge is -2.20. The van der Waals surface area contributed by atoms with Crippen molar-refractivity contribution < 1.29 is 19.1 Å². The van der Waals surface area contributed by atoms with Crippen molar-refractivity contribution in [1.29, 1.82) is 0 Å². The summed E-state index contributed by atoms with van der Waals surface area (Å²) in [5.41, 5.74) is 2.43. The maximum absolute atomic E-state index is 12.2. The minimum Gasteiger partial charge on any atom is -0.450 e. The Hall–Kier alpha value is -2.12. The van der Waals surface area contributed by atoms with Crippen molar-refractivity contribution >= 4 is 35.2 Å². The van der Waals surface area contributed by atoms with Gasteiger partial charge >= 0.3 is 6.09 Å². The highest BCUT2D eigenvalue weighted by atomic mass is 35.5. The number of alkyl carbamates (subject to hydrolysis) is 1. The Labute approximate surface area is 152 Å². The molecule has 0 aliphatic rings. The van der Waals surface area contributed by atoms with Crippen LogP contribution in [0.4, 0.5) is 10.5 Å². The van der Waals surface area contributed by atoms with E-state index >= 15 is 0 Å². The molecule has 25 heavy (non-hydrogen) atoms. The van der Waals surface area contributed by atoms with Crippen LogP contribution in [0.1, 0.15) is 25.0 Å². The molecule has 138 valence electrons. The van der Waals surface area contributed by atoms with Gasteiger partial charge in [-0.3, -0.25) is 19.8 Å². The van der Waals surface area contributed by atoms with Gasteiger partial charge in [0.05, 0.1) is 30.4 Å². The fourth-order valence-corrected chi connectivity index (χ4v) is 2.63. The number of carbonyl (C=O) groups is 3. The Bertz CT molecular complexity index is 626. The predicted octanol–water partition coefficient (Wildman–Crippen LogP) is 2.49. The van der Waals surface area contributed by atoms with Gasteiger partial charge in [-0.2, -0.15) is 0 Å². The van der Waals surface area contributed by atoms with E-state index in [-0.39, 0.29) is 25.6 Å². The van der Waals surface area contributed by atoms with E-state index in [1.54, 1.807) is 17.9 Å². The number of nitrogens with zero attached hydrogens (tertiary/aromatic N) is 1. The molecule has 0 atom stereocenters. The van der Waals surface area contributed by atoms with Crippen LogP contribution in [-0.2, 0) is 14.3 Å². The van der Waals surface area contributed by atoms with Gasteiger partial charge < -0.3 is 10.1 Å². The van der Waals surface area contributed by atoms with E-state index in [1.165, 1.54) is 0 Å². The minimum atomic E-state index is -0.796. The molecule has 0 bridgehead atoms. The molecule has 0 aliphatic carbocycles. The highest BCUT2D eigenvalue weighted by Crippen LogP contribution is 2.27. The molecule has 0 aliphatic heterocycles. The Morgan fingerprint density at radius 2 is 1.76 bits per heavy atom. The number of hydrogen-bond acceptors (Lipinski definition) is 5. The van der Waals surface area contributed by atoms with Crippen molar-refractivity contribution in [1.82, 2.24) is 10.2 Å². The van der Waals surface area contributed by atoms with Crippen LogP contribution in [0.3, 0.4) is 0 Å². The second-order valence-corrected chi connectivity index (χ2v) is 5.97. The first-order chi connectivity index (χ1) is 11.8. The van der Waals surface area contributed by atoms with Crippen LogP contribution in [-0.4, -0.2) is 49.0 Å². The summed E-state index contributed by atoms with van der Waals surface area (Å²) in [5.74, 6) is -0.822. The third-order valence-electron chi connectivity index (χ3n) is 3.39. The summed E-state index contributed by atoms with van der Waals surface area (Å²) < 4.78 is 4.64. The number of imide groups is 1. The molecule has 1 aromatic carbocycles. The van der Waals surface area contributed by atoms with Crippen molar-refractivity contribution in [2.75, 3.05) is 31.6 Å². The first kappa shape index (κ1) is 20.9. The third-order valence-corrected chi connectivity index (χ3v) is 3.69. The van der Waals surface area contributed by atoms with Gasteiger partial charge in [-0.1, -0.05) is 24.6 Å². The van der Waals surface area contributed by atoms with E-state index in [0.717, 1.165) is 11.1 Å². The zero-order valence-corrected chi connectivity index (χ0v) is 15.7. The number of amides is 3. The van der Waals surface area contributed by atoms with Gasteiger partial charge in [0.25, 0.3) is 0 Å². The second kappa shape index (κ2) is 10.0. The summed E-state index contributed by atoms with van der Waals surface area (Å²) in [6, 6.07) is 3.69. The zero-order chi connectivity index (χ0) is 19.0. The predicted molar refractivity (Wildman–Crippen MR) is 96.8 cm³/mol. The lowest BCUT2D eigenvalue weighted by atomic mass is 10.1. The van der Waals surface area contributed by atoms with Gasteiger partial charge in [0.2, 0.25) is 11.8 Å². The van der Waals surface area contributed by atoms with Crippen molar-refractivity contribution in [3.63, 3.8) is 0 Å². The number of anilines is 1. The number of halogens is 1. The largest absolute Gasteiger partial charge is 0.450 e. The summed E-state index contributed by atoms with van der Waals surface area (Å²) in [4.78, 5) is 36.8. The van der Waals surface area contributed by atoms with E-state index in [0.29, 0.717) is 17.3 Å². The monoisotopic (exact) mass is 369 g/mol. The van der Waals surface area contributed by atoms with Crippen LogP contribution in [0.25, 0.3) is 0 Å². The van der Waals surface area contributed by atoms with E-state index in [9.17, 15) is 14.4 Å². The average Bonchev–Trinajstić information content (AvgIpc) is 2.50. The number of hydrogen-bond donors (Lipinski definition) is 2. The summed E-state index contributed by atoms with van der Waals surface area (Å²) in [7, 11) is 0. The minimum absolute atomic E-state index is 0.00358. The fraction of sp³-hybridized carbons (Fsp3) is 0.471. The number of nitrogens with one attached hydrogen (secondary N) is 2. The van der Waals surface area contributed by atoms with E-state index in [1.807, 2.05) is 26.8 Å². The first-order valence-corrected chi connectivity index (χ1v) is 8.40. The fourth-order valence-electron chi connectivity index (χ4n) is 2.26. The highest BCUT2D eigenvalue weighted by molar-refractivity contribution is 6.34. The van der Waals surface area contributed by atoms with Crippen LogP contribution in [0, 0.1) is 13.8 Å². The maximum atomic E-state index is 12.2. The molecule has 0 unspecified atom stereocenters. The highest BCUT2D eigenvalue weighted by Gasteiger charge is 2.17. The molecule has 0 radical (unpaired) electrons. The molecule has 0 heterocycles. The lowest BCUT2D eigenvalue weighted by molar-refractivity contribution is -0.122. The zero-order valence-electron chi connectivity index (χ0n) is 14.9. The number of rotatable bonds is 7. The first-order valence-electron chi connectivity index (χ1n) is 8.02. The van der Waals surface area contributed by atoms with E-state index in [4.69, 9.17) is 11.6 Å². The van der Waals surface area contributed by atoms with Crippen LogP contribution in [0.15, 0.2) is 12.1 Å². The normalized spacial score (nSPS) is 10.5. The van der Waals surface area contributed by atoms with Gasteiger partial charge in [0.1, 0.15) is 0 Å².